The second kappa shape index (κ2) is 8.00. The number of para-hydroxylation sites is 3. The molecule has 0 unspecified atom stereocenters. The van der Waals surface area contributed by atoms with E-state index in [1.54, 1.807) is 12.4 Å². The molecule has 32 heavy (non-hydrogen) atoms. The molecule has 0 fully saturated rings. The number of H-pyrrole nitrogens is 1. The van der Waals surface area contributed by atoms with Crippen molar-refractivity contribution in [2.45, 2.75) is 26.7 Å². The quantitative estimate of drug-likeness (QED) is 0.372. The maximum absolute atomic E-state index is 13.2. The Balaban J connectivity index is 1.60. The monoisotopic (exact) mass is 423 g/mol. The third-order valence-electron chi connectivity index (χ3n) is 5.74. The fourth-order valence-electron chi connectivity index (χ4n) is 4.33. The molecule has 5 nitrogen and oxygen atoms in total. The summed E-state index contributed by atoms with van der Waals surface area (Å²) in [7, 11) is 0. The molecule has 0 amide bonds. The van der Waals surface area contributed by atoms with Gasteiger partial charge in [0, 0.05) is 30.1 Å². The summed E-state index contributed by atoms with van der Waals surface area (Å²) in [6, 6.07) is 21.4. The van der Waals surface area contributed by atoms with E-state index in [2.05, 4.69) is 29.1 Å². The van der Waals surface area contributed by atoms with Crippen molar-refractivity contribution in [1.29, 1.82) is 0 Å². The van der Waals surface area contributed by atoms with Crippen LogP contribution in [0.4, 0.5) is 11.4 Å². The van der Waals surface area contributed by atoms with E-state index in [4.69, 9.17) is 4.74 Å². The zero-order valence-electron chi connectivity index (χ0n) is 18.2. The Bertz CT molecular complexity index is 1260. The van der Waals surface area contributed by atoms with Crippen molar-refractivity contribution in [1.82, 2.24) is 9.97 Å². The van der Waals surface area contributed by atoms with Gasteiger partial charge in [-0.2, -0.15) is 0 Å². The first-order valence-electron chi connectivity index (χ1n) is 10.8. The van der Waals surface area contributed by atoms with E-state index >= 15 is 0 Å². The predicted molar refractivity (Wildman–Crippen MR) is 127 cm³/mol. The number of carbonyl (C=O) groups is 1. The highest BCUT2D eigenvalue weighted by molar-refractivity contribution is 6.07. The first kappa shape index (κ1) is 20.1. The summed E-state index contributed by atoms with van der Waals surface area (Å²) in [4.78, 5) is 20.9. The van der Waals surface area contributed by atoms with E-state index in [-0.39, 0.29) is 11.2 Å². The molecule has 160 valence electrons. The molecule has 5 rings (SSSR count). The maximum atomic E-state index is 13.2. The van der Waals surface area contributed by atoms with E-state index in [0.717, 1.165) is 46.1 Å². The van der Waals surface area contributed by atoms with E-state index in [9.17, 15) is 4.79 Å². The third-order valence-corrected chi connectivity index (χ3v) is 5.74. The van der Waals surface area contributed by atoms with Crippen molar-refractivity contribution >= 4 is 17.2 Å². The fourth-order valence-corrected chi connectivity index (χ4v) is 4.33. The molecule has 4 aromatic rings. The highest BCUT2D eigenvalue weighted by atomic mass is 16.5. The van der Waals surface area contributed by atoms with Crippen LogP contribution in [-0.4, -0.2) is 15.8 Å². The number of Topliss-reactive ketones (excluding diaryl/α,β-unsaturated/α-hetero) is 1. The summed E-state index contributed by atoms with van der Waals surface area (Å²) in [5, 5.41) is 3.53. The molecule has 0 spiro atoms. The smallest absolute Gasteiger partial charge is 0.167 e. The summed E-state index contributed by atoms with van der Waals surface area (Å²) in [6.07, 6.45) is 4.86. The average molecular weight is 424 g/mol. The van der Waals surface area contributed by atoms with Gasteiger partial charge in [0.2, 0.25) is 0 Å². The predicted octanol–water partition coefficient (Wildman–Crippen LogP) is 6.77. The molecular formula is C27H25N3O2. The van der Waals surface area contributed by atoms with Crippen LogP contribution in [0.2, 0.25) is 0 Å². The van der Waals surface area contributed by atoms with Crippen LogP contribution in [0.5, 0.6) is 11.5 Å². The number of fused-ring (bicyclic) bond motifs is 1. The van der Waals surface area contributed by atoms with E-state index in [1.807, 2.05) is 66.7 Å². The SMILES string of the molecule is CC1(C)CC(=O)c2c([nH]c(-c3ccncc3)c2Nc2ccccc2Oc2ccccc2)C1. The Morgan fingerprint density at radius 3 is 2.44 bits per heavy atom. The Kier molecular flexibility index (Phi) is 5.02. The Morgan fingerprint density at radius 1 is 0.938 bits per heavy atom. The van der Waals surface area contributed by atoms with Crippen molar-refractivity contribution < 1.29 is 9.53 Å². The van der Waals surface area contributed by atoms with Crippen molar-refractivity contribution in [2.24, 2.45) is 5.41 Å². The van der Waals surface area contributed by atoms with E-state index < -0.39 is 0 Å². The number of anilines is 2. The van der Waals surface area contributed by atoms with Gasteiger partial charge in [-0.1, -0.05) is 44.2 Å². The third kappa shape index (κ3) is 3.89. The van der Waals surface area contributed by atoms with Crippen LogP contribution in [0.1, 0.15) is 36.3 Å². The molecule has 5 heteroatoms. The minimum atomic E-state index is -0.0734. The number of aromatic nitrogens is 2. The van der Waals surface area contributed by atoms with Gasteiger partial charge >= 0.3 is 0 Å². The van der Waals surface area contributed by atoms with Crippen molar-refractivity contribution in [3.63, 3.8) is 0 Å². The summed E-state index contributed by atoms with van der Waals surface area (Å²) < 4.78 is 6.14. The number of ether oxygens (including phenoxy) is 1. The highest BCUT2D eigenvalue weighted by Crippen LogP contribution is 2.44. The highest BCUT2D eigenvalue weighted by Gasteiger charge is 2.35. The van der Waals surface area contributed by atoms with Gasteiger partial charge in [0.15, 0.2) is 11.5 Å². The Hall–Kier alpha value is -3.86. The van der Waals surface area contributed by atoms with Crippen LogP contribution in [0.25, 0.3) is 11.3 Å². The summed E-state index contributed by atoms with van der Waals surface area (Å²) in [5.74, 6) is 1.60. The standard InChI is InChI=1S/C27H25N3O2/c1-27(2)16-21-24(22(31)17-27)26(25(30-21)18-12-14-28-15-13-18)29-20-10-6-7-11-23(20)32-19-8-4-3-5-9-19/h3-15,29-30H,16-17H2,1-2H3. The lowest BCUT2D eigenvalue weighted by atomic mass is 9.76. The topological polar surface area (TPSA) is 67.0 Å². The molecule has 2 aromatic carbocycles. The number of pyridine rings is 1. The van der Waals surface area contributed by atoms with E-state index in [1.165, 1.54) is 0 Å². The average Bonchev–Trinajstić information content (AvgIpc) is 3.13. The van der Waals surface area contributed by atoms with Gasteiger partial charge in [-0.05, 0) is 48.2 Å². The van der Waals surface area contributed by atoms with Crippen LogP contribution >= 0.6 is 0 Å². The second-order valence-corrected chi connectivity index (χ2v) is 8.94. The van der Waals surface area contributed by atoms with Crippen LogP contribution in [0.15, 0.2) is 79.1 Å². The molecule has 0 atom stereocenters. The molecule has 2 aromatic heterocycles. The molecule has 0 aliphatic heterocycles. The zero-order valence-corrected chi connectivity index (χ0v) is 18.2. The van der Waals surface area contributed by atoms with Crippen molar-refractivity contribution in [2.75, 3.05) is 5.32 Å². The lowest BCUT2D eigenvalue weighted by molar-refractivity contribution is 0.0912. The molecule has 0 bridgehead atoms. The zero-order chi connectivity index (χ0) is 22.1. The largest absolute Gasteiger partial charge is 0.455 e. The number of nitrogens with one attached hydrogen (secondary N) is 2. The van der Waals surface area contributed by atoms with Crippen LogP contribution in [0, 0.1) is 5.41 Å². The molecule has 0 saturated carbocycles. The second-order valence-electron chi connectivity index (χ2n) is 8.94. The number of hydrogen-bond acceptors (Lipinski definition) is 4. The Morgan fingerprint density at radius 2 is 1.66 bits per heavy atom. The Labute approximate surface area is 187 Å². The molecule has 2 N–H and O–H groups in total. The van der Waals surface area contributed by atoms with Crippen LogP contribution < -0.4 is 10.1 Å². The lowest BCUT2D eigenvalue weighted by Crippen LogP contribution is -2.26. The number of rotatable bonds is 5. The van der Waals surface area contributed by atoms with Gasteiger partial charge in [-0.25, -0.2) is 0 Å². The lowest BCUT2D eigenvalue weighted by Gasteiger charge is -2.28. The number of ketones is 1. The van der Waals surface area contributed by atoms with Gasteiger partial charge in [0.05, 0.1) is 22.6 Å². The molecule has 1 aliphatic rings. The normalized spacial score (nSPS) is 14.6. The van der Waals surface area contributed by atoms with E-state index in [0.29, 0.717) is 12.2 Å². The van der Waals surface area contributed by atoms with Crippen LogP contribution in [0.3, 0.4) is 0 Å². The molecule has 0 radical (unpaired) electrons. The number of nitrogens with zero attached hydrogens (tertiary/aromatic N) is 1. The number of carbonyl (C=O) groups excluding carboxylic acids is 1. The van der Waals surface area contributed by atoms with Crippen molar-refractivity contribution in [3.05, 3.63) is 90.4 Å². The summed E-state index contributed by atoms with van der Waals surface area (Å²) in [6.45, 7) is 4.27. The van der Waals surface area contributed by atoms with Gasteiger partial charge in [0.25, 0.3) is 0 Å². The first-order valence-corrected chi connectivity index (χ1v) is 10.8. The fraction of sp³-hybridized carbons (Fsp3) is 0.185. The molecule has 1 aliphatic carbocycles. The molecule has 0 saturated heterocycles. The van der Waals surface area contributed by atoms with Gasteiger partial charge in [-0.15, -0.1) is 0 Å². The van der Waals surface area contributed by atoms with Gasteiger partial charge in [0.1, 0.15) is 5.75 Å². The van der Waals surface area contributed by atoms with Gasteiger partial charge in [-0.3, -0.25) is 9.78 Å². The van der Waals surface area contributed by atoms with Gasteiger partial charge < -0.3 is 15.0 Å². The summed E-state index contributed by atoms with van der Waals surface area (Å²) >= 11 is 0. The number of hydrogen-bond donors (Lipinski definition) is 2. The maximum Gasteiger partial charge on any atom is 0.167 e. The minimum Gasteiger partial charge on any atom is -0.455 e. The van der Waals surface area contributed by atoms with Crippen molar-refractivity contribution in [3.8, 4) is 22.8 Å². The molecule has 2 heterocycles. The number of aromatic amines is 1. The first-order chi connectivity index (χ1) is 15.5. The molecular weight excluding hydrogens is 398 g/mol. The van der Waals surface area contributed by atoms with Crippen LogP contribution in [-0.2, 0) is 6.42 Å². The summed E-state index contributed by atoms with van der Waals surface area (Å²) in [5.41, 5.74) is 5.09. The number of benzene rings is 2. The minimum absolute atomic E-state index is 0.0734.